The minimum Gasteiger partial charge on any atom is -0.376 e. The molecule has 3 atom stereocenters. The van der Waals surface area contributed by atoms with Gasteiger partial charge in [0.15, 0.2) is 0 Å². The number of carbonyl (C=O) groups is 1. The Hall–Kier alpha value is -0.650. The van der Waals surface area contributed by atoms with Crippen LogP contribution < -0.4 is 11.5 Å². The Bertz CT molecular complexity index is 279. The lowest BCUT2D eigenvalue weighted by atomic mass is 9.99. The van der Waals surface area contributed by atoms with Crippen molar-refractivity contribution in [2.24, 2.45) is 11.5 Å². The van der Waals surface area contributed by atoms with Crippen molar-refractivity contribution in [3.63, 3.8) is 0 Å². The summed E-state index contributed by atoms with van der Waals surface area (Å²) in [6.45, 7) is 1.44. The number of hydrogen-bond acceptors (Lipinski definition) is 4. The van der Waals surface area contributed by atoms with E-state index in [-0.39, 0.29) is 12.2 Å². The van der Waals surface area contributed by atoms with E-state index in [1.165, 1.54) is 6.42 Å². The van der Waals surface area contributed by atoms with E-state index in [4.69, 9.17) is 20.9 Å². The smallest absolute Gasteiger partial charge is 0.237 e. The van der Waals surface area contributed by atoms with Crippen molar-refractivity contribution in [3.8, 4) is 0 Å². The summed E-state index contributed by atoms with van der Waals surface area (Å²) in [4.78, 5) is 11.2. The van der Waals surface area contributed by atoms with Crippen LogP contribution in [-0.2, 0) is 14.3 Å². The maximum absolute atomic E-state index is 11.2. The summed E-state index contributed by atoms with van der Waals surface area (Å²) < 4.78 is 11.4. The summed E-state index contributed by atoms with van der Waals surface area (Å²) >= 11 is 0. The van der Waals surface area contributed by atoms with Crippen molar-refractivity contribution in [3.05, 3.63) is 0 Å². The van der Waals surface area contributed by atoms with Gasteiger partial charge >= 0.3 is 0 Å². The lowest BCUT2D eigenvalue weighted by Crippen LogP contribution is -2.50. The van der Waals surface area contributed by atoms with Gasteiger partial charge in [0.25, 0.3) is 0 Å². The second kappa shape index (κ2) is 5.33. The maximum Gasteiger partial charge on any atom is 0.237 e. The van der Waals surface area contributed by atoms with Gasteiger partial charge in [0.1, 0.15) is 0 Å². The van der Waals surface area contributed by atoms with E-state index < -0.39 is 11.4 Å². The Morgan fingerprint density at radius 2 is 2.24 bits per heavy atom. The van der Waals surface area contributed by atoms with Crippen LogP contribution in [0.2, 0.25) is 0 Å². The highest BCUT2D eigenvalue weighted by Crippen LogP contribution is 2.30. The molecule has 2 aliphatic rings. The van der Waals surface area contributed by atoms with Crippen LogP contribution in [0.3, 0.4) is 0 Å². The number of rotatable bonds is 4. The average Bonchev–Trinajstić information content (AvgIpc) is 2.72. The third kappa shape index (κ3) is 3.18. The molecule has 0 radical (unpaired) electrons. The first-order valence-corrected chi connectivity index (χ1v) is 6.42. The lowest BCUT2D eigenvalue weighted by Gasteiger charge is -2.24. The minimum atomic E-state index is -0.863. The molecule has 0 aromatic carbocycles. The van der Waals surface area contributed by atoms with E-state index in [9.17, 15) is 4.79 Å². The fourth-order valence-corrected chi connectivity index (χ4v) is 2.58. The Balaban J connectivity index is 1.72. The summed E-state index contributed by atoms with van der Waals surface area (Å²) in [5, 5.41) is 0. The second-order valence-corrected chi connectivity index (χ2v) is 5.21. The van der Waals surface area contributed by atoms with Crippen LogP contribution in [0.25, 0.3) is 0 Å². The number of nitrogens with two attached hydrogens (primary N) is 2. The fourth-order valence-electron chi connectivity index (χ4n) is 2.58. The summed E-state index contributed by atoms with van der Waals surface area (Å²) in [6.07, 6.45) is 5.66. The van der Waals surface area contributed by atoms with Gasteiger partial charge < -0.3 is 20.9 Å². The molecule has 0 spiro atoms. The SMILES string of the molecule is NC(=O)C1(N)CCC(OCC2CCCCO2)C1. The molecule has 17 heavy (non-hydrogen) atoms. The lowest BCUT2D eigenvalue weighted by molar-refractivity contribution is -0.123. The Morgan fingerprint density at radius 1 is 1.41 bits per heavy atom. The van der Waals surface area contributed by atoms with Gasteiger partial charge in [0.2, 0.25) is 5.91 Å². The molecule has 1 amide bonds. The third-order valence-electron chi connectivity index (χ3n) is 3.79. The van der Waals surface area contributed by atoms with E-state index >= 15 is 0 Å². The highest BCUT2D eigenvalue weighted by atomic mass is 16.5. The van der Waals surface area contributed by atoms with Gasteiger partial charge in [-0.1, -0.05) is 0 Å². The fraction of sp³-hybridized carbons (Fsp3) is 0.917. The molecule has 1 aliphatic carbocycles. The zero-order chi connectivity index (χ0) is 12.3. The highest BCUT2D eigenvalue weighted by molar-refractivity contribution is 5.84. The molecule has 1 aliphatic heterocycles. The maximum atomic E-state index is 11.2. The number of carbonyl (C=O) groups excluding carboxylic acids is 1. The van der Waals surface area contributed by atoms with Crippen molar-refractivity contribution in [1.29, 1.82) is 0 Å². The van der Waals surface area contributed by atoms with Gasteiger partial charge in [-0.25, -0.2) is 0 Å². The van der Waals surface area contributed by atoms with E-state index in [2.05, 4.69) is 0 Å². The molecule has 2 fully saturated rings. The van der Waals surface area contributed by atoms with Gasteiger partial charge in [0.05, 0.1) is 24.4 Å². The molecule has 1 heterocycles. The van der Waals surface area contributed by atoms with E-state index in [0.29, 0.717) is 19.4 Å². The highest BCUT2D eigenvalue weighted by Gasteiger charge is 2.41. The average molecular weight is 242 g/mol. The molecule has 4 N–H and O–H groups in total. The molecule has 98 valence electrons. The molecule has 0 aromatic rings. The van der Waals surface area contributed by atoms with Gasteiger partial charge in [0, 0.05) is 13.0 Å². The number of primary amides is 1. The van der Waals surface area contributed by atoms with Gasteiger partial charge in [-0.3, -0.25) is 4.79 Å². The molecular formula is C12H22N2O3. The Morgan fingerprint density at radius 3 is 2.82 bits per heavy atom. The zero-order valence-corrected chi connectivity index (χ0v) is 10.2. The summed E-state index contributed by atoms with van der Waals surface area (Å²) in [5.74, 6) is -0.419. The molecular weight excluding hydrogens is 220 g/mol. The first-order valence-electron chi connectivity index (χ1n) is 6.42. The quantitative estimate of drug-likeness (QED) is 0.742. The van der Waals surface area contributed by atoms with Crippen LogP contribution in [0.4, 0.5) is 0 Å². The molecule has 0 bridgehead atoms. The molecule has 1 saturated carbocycles. The normalized spacial score (nSPS) is 38.2. The first-order chi connectivity index (χ1) is 8.10. The summed E-state index contributed by atoms with van der Waals surface area (Å²) in [6, 6.07) is 0. The van der Waals surface area contributed by atoms with Gasteiger partial charge in [-0.15, -0.1) is 0 Å². The van der Waals surface area contributed by atoms with Crippen LogP contribution in [0.1, 0.15) is 38.5 Å². The van der Waals surface area contributed by atoms with Crippen LogP contribution in [0.15, 0.2) is 0 Å². The van der Waals surface area contributed by atoms with Crippen molar-refractivity contribution >= 4 is 5.91 Å². The van der Waals surface area contributed by atoms with Crippen LogP contribution in [0, 0.1) is 0 Å². The monoisotopic (exact) mass is 242 g/mol. The number of hydrogen-bond donors (Lipinski definition) is 2. The van der Waals surface area contributed by atoms with Gasteiger partial charge in [-0.2, -0.15) is 0 Å². The third-order valence-corrected chi connectivity index (χ3v) is 3.79. The Labute approximate surface area is 102 Å². The summed E-state index contributed by atoms with van der Waals surface area (Å²) in [5.41, 5.74) is 10.3. The minimum absolute atomic E-state index is 0.0537. The number of amides is 1. The number of ether oxygens (including phenoxy) is 2. The van der Waals surface area contributed by atoms with Crippen molar-refractivity contribution < 1.29 is 14.3 Å². The van der Waals surface area contributed by atoms with Crippen molar-refractivity contribution in [1.82, 2.24) is 0 Å². The molecule has 1 saturated heterocycles. The van der Waals surface area contributed by atoms with Crippen molar-refractivity contribution in [2.75, 3.05) is 13.2 Å². The van der Waals surface area contributed by atoms with E-state index in [0.717, 1.165) is 25.9 Å². The van der Waals surface area contributed by atoms with Crippen LogP contribution in [0.5, 0.6) is 0 Å². The topological polar surface area (TPSA) is 87.6 Å². The molecule has 2 rings (SSSR count). The summed E-state index contributed by atoms with van der Waals surface area (Å²) in [7, 11) is 0. The van der Waals surface area contributed by atoms with Gasteiger partial charge in [-0.05, 0) is 32.1 Å². The van der Waals surface area contributed by atoms with E-state index in [1.54, 1.807) is 0 Å². The Kier molecular flexibility index (Phi) is 4.01. The molecule has 0 aromatic heterocycles. The van der Waals surface area contributed by atoms with E-state index in [1.807, 2.05) is 0 Å². The predicted octanol–water partition coefficient (Wildman–Crippen LogP) is 0.307. The standard InChI is InChI=1S/C12H22N2O3/c13-11(15)12(14)5-4-9(7-12)17-8-10-3-1-2-6-16-10/h9-10H,1-8,14H2,(H2,13,15). The van der Waals surface area contributed by atoms with Crippen molar-refractivity contribution in [2.45, 2.75) is 56.3 Å². The molecule has 5 heteroatoms. The molecule has 3 unspecified atom stereocenters. The first kappa shape index (κ1) is 12.8. The predicted molar refractivity (Wildman–Crippen MR) is 63.3 cm³/mol. The molecule has 5 nitrogen and oxygen atoms in total. The largest absolute Gasteiger partial charge is 0.376 e. The van der Waals surface area contributed by atoms with Crippen LogP contribution >= 0.6 is 0 Å². The van der Waals surface area contributed by atoms with Crippen LogP contribution in [-0.4, -0.2) is 36.9 Å². The second-order valence-electron chi connectivity index (χ2n) is 5.21. The zero-order valence-electron chi connectivity index (χ0n) is 10.2.